The molecule has 0 fully saturated rings. The first-order valence-corrected chi connectivity index (χ1v) is 6.49. The molecule has 2 aromatic rings. The van der Waals surface area contributed by atoms with Gasteiger partial charge in [-0.3, -0.25) is 4.79 Å². The van der Waals surface area contributed by atoms with Crippen molar-refractivity contribution in [3.05, 3.63) is 63.6 Å². The molecule has 0 saturated heterocycles. The van der Waals surface area contributed by atoms with Gasteiger partial charge in [0.05, 0.1) is 22.0 Å². The van der Waals surface area contributed by atoms with Gasteiger partial charge in [-0.25, -0.2) is 0 Å². The molecule has 3 nitrogen and oxygen atoms in total. The molecule has 0 unspecified atom stereocenters. The number of halogens is 2. The summed E-state index contributed by atoms with van der Waals surface area (Å²) in [5.41, 5.74) is 1.01. The van der Waals surface area contributed by atoms with Crippen molar-refractivity contribution in [2.75, 3.05) is 0 Å². The van der Waals surface area contributed by atoms with Crippen molar-refractivity contribution in [3.63, 3.8) is 0 Å². The molecule has 0 aliphatic heterocycles. The van der Waals surface area contributed by atoms with E-state index < -0.39 is 5.97 Å². The van der Waals surface area contributed by atoms with E-state index in [1.807, 2.05) is 6.07 Å². The van der Waals surface area contributed by atoms with Gasteiger partial charge in [0, 0.05) is 0 Å². The highest BCUT2D eigenvalue weighted by molar-refractivity contribution is 6.42. The second-order valence-corrected chi connectivity index (χ2v) is 4.82. The van der Waals surface area contributed by atoms with Crippen LogP contribution >= 0.6 is 23.2 Å². The average Bonchev–Trinajstić information content (AvgIpc) is 2.43. The number of nitriles is 1. The molecule has 0 aromatic heterocycles. The Morgan fingerprint density at radius 2 is 1.90 bits per heavy atom. The van der Waals surface area contributed by atoms with Crippen LogP contribution in [0.15, 0.2) is 42.5 Å². The van der Waals surface area contributed by atoms with Crippen LogP contribution in [0, 0.1) is 11.3 Å². The van der Waals surface area contributed by atoms with Crippen LogP contribution < -0.4 is 4.74 Å². The molecule has 2 aromatic carbocycles. The largest absolute Gasteiger partial charge is 0.425 e. The lowest BCUT2D eigenvalue weighted by molar-refractivity contribution is -0.133. The van der Waals surface area contributed by atoms with E-state index >= 15 is 0 Å². The molecule has 5 heteroatoms. The van der Waals surface area contributed by atoms with Crippen LogP contribution in [0.2, 0.25) is 10.0 Å². The Morgan fingerprint density at radius 1 is 1.15 bits per heavy atom. The second-order valence-electron chi connectivity index (χ2n) is 4.01. The third-order valence-corrected chi connectivity index (χ3v) is 3.30. The van der Waals surface area contributed by atoms with Gasteiger partial charge in [-0.15, -0.1) is 0 Å². The fourth-order valence-corrected chi connectivity index (χ4v) is 1.94. The number of carbonyl (C=O) groups excluding carboxylic acids is 1. The lowest BCUT2D eigenvalue weighted by Crippen LogP contribution is -2.12. The summed E-state index contributed by atoms with van der Waals surface area (Å²) in [5.74, 6) is -0.217. The van der Waals surface area contributed by atoms with Crippen LogP contribution in [0.5, 0.6) is 5.75 Å². The van der Waals surface area contributed by atoms with Gasteiger partial charge in [-0.05, 0) is 29.8 Å². The maximum atomic E-state index is 11.8. The third kappa shape index (κ3) is 3.51. The Bertz CT molecular complexity index is 693. The maximum Gasteiger partial charge on any atom is 0.315 e. The summed E-state index contributed by atoms with van der Waals surface area (Å²) in [6.07, 6.45) is 0.0522. The summed E-state index contributed by atoms with van der Waals surface area (Å²) >= 11 is 11.7. The van der Waals surface area contributed by atoms with Gasteiger partial charge >= 0.3 is 5.97 Å². The molecule has 100 valence electrons. The molecule has 0 spiro atoms. The van der Waals surface area contributed by atoms with Crippen LogP contribution in [0.1, 0.15) is 11.1 Å². The van der Waals surface area contributed by atoms with Gasteiger partial charge in [-0.2, -0.15) is 5.26 Å². The Kier molecular flexibility index (Phi) is 4.62. The first-order chi connectivity index (χ1) is 9.60. The third-order valence-electron chi connectivity index (χ3n) is 2.56. The van der Waals surface area contributed by atoms with Crippen LogP contribution in [-0.2, 0) is 11.2 Å². The van der Waals surface area contributed by atoms with Gasteiger partial charge in [0.15, 0.2) is 0 Å². The summed E-state index contributed by atoms with van der Waals surface area (Å²) in [7, 11) is 0. The van der Waals surface area contributed by atoms with E-state index in [4.69, 9.17) is 33.2 Å². The van der Waals surface area contributed by atoms with E-state index in [-0.39, 0.29) is 12.2 Å². The smallest absolute Gasteiger partial charge is 0.315 e. The van der Waals surface area contributed by atoms with E-state index in [0.29, 0.717) is 21.2 Å². The number of rotatable bonds is 3. The number of benzene rings is 2. The van der Waals surface area contributed by atoms with E-state index in [1.165, 1.54) is 0 Å². The molecule has 0 amide bonds. The minimum absolute atomic E-state index is 0.0522. The molecule has 2 rings (SSSR count). The summed E-state index contributed by atoms with van der Waals surface area (Å²) in [6, 6.07) is 13.5. The van der Waals surface area contributed by atoms with Gasteiger partial charge < -0.3 is 4.74 Å². The minimum Gasteiger partial charge on any atom is -0.425 e. The van der Waals surface area contributed by atoms with Crippen molar-refractivity contribution in [3.8, 4) is 11.8 Å². The van der Waals surface area contributed by atoms with Crippen LogP contribution in [0.4, 0.5) is 0 Å². The van der Waals surface area contributed by atoms with E-state index in [9.17, 15) is 4.79 Å². The van der Waals surface area contributed by atoms with Crippen molar-refractivity contribution in [2.24, 2.45) is 0 Å². The fraction of sp³-hybridized carbons (Fsp3) is 0.0667. The van der Waals surface area contributed by atoms with Crippen molar-refractivity contribution < 1.29 is 9.53 Å². The van der Waals surface area contributed by atoms with Crippen molar-refractivity contribution in [2.45, 2.75) is 6.42 Å². The summed E-state index contributed by atoms with van der Waals surface area (Å²) < 4.78 is 5.17. The number of hydrogen-bond donors (Lipinski definition) is 0. The van der Waals surface area contributed by atoms with E-state index in [1.54, 1.807) is 42.5 Å². The number of hydrogen-bond acceptors (Lipinski definition) is 3. The zero-order chi connectivity index (χ0) is 14.5. The number of ether oxygens (including phenoxy) is 1. The Morgan fingerprint density at radius 3 is 2.60 bits per heavy atom. The van der Waals surface area contributed by atoms with Gasteiger partial charge in [-0.1, -0.05) is 41.4 Å². The minimum atomic E-state index is -0.467. The van der Waals surface area contributed by atoms with Crippen LogP contribution in [-0.4, -0.2) is 5.97 Å². The van der Waals surface area contributed by atoms with Gasteiger partial charge in [0.1, 0.15) is 11.8 Å². The number of esters is 1. The molecular formula is C15H9Cl2NO2. The number of nitrogens with zero attached hydrogens (tertiary/aromatic N) is 1. The zero-order valence-corrected chi connectivity index (χ0v) is 11.8. The normalized spacial score (nSPS) is 9.85. The molecule has 0 saturated carbocycles. The van der Waals surface area contributed by atoms with E-state index in [0.717, 1.165) is 0 Å². The van der Waals surface area contributed by atoms with Crippen LogP contribution in [0.25, 0.3) is 0 Å². The van der Waals surface area contributed by atoms with Crippen molar-refractivity contribution >= 4 is 29.2 Å². The highest BCUT2D eigenvalue weighted by Gasteiger charge is 2.10. The Hall–Kier alpha value is -2.02. The fourth-order valence-electron chi connectivity index (χ4n) is 1.62. The lowest BCUT2D eigenvalue weighted by Gasteiger charge is -2.06. The second kappa shape index (κ2) is 6.42. The van der Waals surface area contributed by atoms with Crippen molar-refractivity contribution in [1.82, 2.24) is 0 Å². The highest BCUT2D eigenvalue weighted by atomic mass is 35.5. The molecule has 20 heavy (non-hydrogen) atoms. The molecule has 0 aliphatic carbocycles. The standard InChI is InChI=1S/C15H9Cl2NO2/c16-12-6-5-10(7-13(12)17)8-15(19)20-14-4-2-1-3-11(14)9-18/h1-7H,8H2. The molecular weight excluding hydrogens is 297 g/mol. The maximum absolute atomic E-state index is 11.8. The summed E-state index contributed by atoms with van der Waals surface area (Å²) in [5, 5.41) is 9.73. The molecule has 0 heterocycles. The summed E-state index contributed by atoms with van der Waals surface area (Å²) in [6.45, 7) is 0. The SMILES string of the molecule is N#Cc1ccccc1OC(=O)Cc1ccc(Cl)c(Cl)c1. The monoisotopic (exact) mass is 305 g/mol. The Balaban J connectivity index is 2.09. The molecule has 0 radical (unpaired) electrons. The molecule has 0 atom stereocenters. The van der Waals surface area contributed by atoms with Crippen molar-refractivity contribution in [1.29, 1.82) is 5.26 Å². The lowest BCUT2D eigenvalue weighted by atomic mass is 10.1. The van der Waals surface area contributed by atoms with E-state index in [2.05, 4.69) is 0 Å². The van der Waals surface area contributed by atoms with Gasteiger partial charge in [0.25, 0.3) is 0 Å². The number of para-hydroxylation sites is 1. The zero-order valence-electron chi connectivity index (χ0n) is 10.3. The predicted molar refractivity (Wildman–Crippen MR) is 77.0 cm³/mol. The molecule has 0 N–H and O–H groups in total. The average molecular weight is 306 g/mol. The molecule has 0 aliphatic rings. The Labute approximate surface area is 126 Å². The van der Waals surface area contributed by atoms with Gasteiger partial charge in [0.2, 0.25) is 0 Å². The number of carbonyl (C=O) groups is 1. The quantitative estimate of drug-likeness (QED) is 0.636. The summed E-state index contributed by atoms with van der Waals surface area (Å²) in [4.78, 5) is 11.8. The van der Waals surface area contributed by atoms with Crippen LogP contribution in [0.3, 0.4) is 0 Å². The topological polar surface area (TPSA) is 50.1 Å². The first kappa shape index (κ1) is 14.4. The first-order valence-electron chi connectivity index (χ1n) is 5.74. The molecule has 0 bridgehead atoms. The highest BCUT2D eigenvalue weighted by Crippen LogP contribution is 2.23. The predicted octanol–water partition coefficient (Wildman–Crippen LogP) is 4.01.